The smallest absolute Gasteiger partial charge is 0.250 e. The molecule has 0 unspecified atom stereocenters. The molecule has 7 nitrogen and oxygen atoms in total. The first-order valence-electron chi connectivity index (χ1n) is 7.26. The summed E-state index contributed by atoms with van der Waals surface area (Å²) in [5.74, 6) is -1.01. The summed E-state index contributed by atoms with van der Waals surface area (Å²) in [6.07, 6.45) is 2.70. The van der Waals surface area contributed by atoms with Gasteiger partial charge in [-0.3, -0.25) is 4.79 Å². The van der Waals surface area contributed by atoms with Crippen LogP contribution in [0.2, 0.25) is 0 Å². The first-order valence-corrected chi connectivity index (χ1v) is 8.75. The van der Waals surface area contributed by atoms with Gasteiger partial charge in [0.15, 0.2) is 11.5 Å². The molecule has 132 valence electrons. The minimum absolute atomic E-state index is 0.0102. The van der Waals surface area contributed by atoms with Gasteiger partial charge in [0.05, 0.1) is 5.69 Å². The van der Waals surface area contributed by atoms with Crippen molar-refractivity contribution in [2.75, 3.05) is 19.0 Å². The molecule has 1 amide bonds. The highest BCUT2D eigenvalue weighted by Crippen LogP contribution is 2.26. The molecule has 3 N–H and O–H groups in total. The second kappa shape index (κ2) is 7.37. The predicted octanol–water partition coefficient (Wildman–Crippen LogP) is 1.68. The average Bonchev–Trinajstić information content (AvgIpc) is 2.61. The molecule has 0 spiro atoms. The number of aromatic hydroxyl groups is 2. The van der Waals surface area contributed by atoms with Gasteiger partial charge in [0, 0.05) is 13.1 Å². The Morgan fingerprint density at radius 2 is 1.80 bits per heavy atom. The fourth-order valence-corrected chi connectivity index (χ4v) is 3.07. The summed E-state index contributed by atoms with van der Waals surface area (Å²) in [5, 5.41) is 18.7. The second-order valence-corrected chi connectivity index (χ2v) is 7.01. The van der Waals surface area contributed by atoms with Crippen LogP contribution >= 0.6 is 0 Å². The lowest BCUT2D eigenvalue weighted by atomic mass is 10.2. The highest BCUT2D eigenvalue weighted by molar-refractivity contribution is 7.89. The summed E-state index contributed by atoms with van der Waals surface area (Å²) in [4.78, 5) is 13.5. The quantitative estimate of drug-likeness (QED) is 0.554. The standard InChI is InChI=1S/C17H18N2O5S/c1-18-25(23,24)16-6-4-3-5-13(16)19(2)17(22)10-8-12-7-9-14(20)15(21)11-12/h3-11,18,20-21H,1-2H3. The molecule has 0 aliphatic rings. The van der Waals surface area contributed by atoms with Crippen molar-refractivity contribution in [3.05, 3.63) is 54.1 Å². The van der Waals surface area contributed by atoms with E-state index in [1.165, 1.54) is 61.5 Å². The molecule has 0 saturated heterocycles. The Morgan fingerprint density at radius 3 is 2.44 bits per heavy atom. The van der Waals surface area contributed by atoms with Crippen LogP contribution < -0.4 is 9.62 Å². The van der Waals surface area contributed by atoms with Gasteiger partial charge in [0.25, 0.3) is 5.91 Å². The molecule has 0 aliphatic heterocycles. The van der Waals surface area contributed by atoms with E-state index in [1.54, 1.807) is 12.1 Å². The van der Waals surface area contributed by atoms with Gasteiger partial charge >= 0.3 is 0 Å². The number of likely N-dealkylation sites (N-methyl/N-ethyl adjacent to an activating group) is 1. The topological polar surface area (TPSA) is 107 Å². The molecular formula is C17H18N2O5S. The molecule has 0 heterocycles. The lowest BCUT2D eigenvalue weighted by Crippen LogP contribution is -2.28. The Bertz CT molecular complexity index is 922. The number of sulfonamides is 1. The fourth-order valence-electron chi connectivity index (χ4n) is 2.11. The monoisotopic (exact) mass is 362 g/mol. The lowest BCUT2D eigenvalue weighted by Gasteiger charge is -2.19. The molecular weight excluding hydrogens is 344 g/mol. The third-order valence-electron chi connectivity index (χ3n) is 3.53. The van der Waals surface area contributed by atoms with Crippen LogP contribution in [0.25, 0.3) is 6.08 Å². The number of carbonyl (C=O) groups excluding carboxylic acids is 1. The maximum Gasteiger partial charge on any atom is 0.250 e. The summed E-state index contributed by atoms with van der Waals surface area (Å²) < 4.78 is 26.4. The number of rotatable bonds is 5. The highest BCUT2D eigenvalue weighted by Gasteiger charge is 2.20. The second-order valence-electron chi connectivity index (χ2n) is 5.15. The number of hydrogen-bond donors (Lipinski definition) is 3. The number of phenols is 2. The van der Waals surface area contributed by atoms with Gasteiger partial charge < -0.3 is 15.1 Å². The van der Waals surface area contributed by atoms with Crippen LogP contribution in [0.4, 0.5) is 5.69 Å². The number of amides is 1. The van der Waals surface area contributed by atoms with E-state index in [0.717, 1.165) is 0 Å². The summed E-state index contributed by atoms with van der Waals surface area (Å²) in [5.41, 5.74) is 0.744. The van der Waals surface area contributed by atoms with Crippen molar-refractivity contribution in [2.24, 2.45) is 0 Å². The van der Waals surface area contributed by atoms with Crippen molar-refractivity contribution >= 4 is 27.7 Å². The SMILES string of the molecule is CNS(=O)(=O)c1ccccc1N(C)C(=O)C=Cc1ccc(O)c(O)c1. The Balaban J connectivity index is 2.29. The van der Waals surface area contributed by atoms with E-state index < -0.39 is 15.9 Å². The molecule has 2 aromatic carbocycles. The fraction of sp³-hybridized carbons (Fsp3) is 0.118. The van der Waals surface area contributed by atoms with E-state index in [4.69, 9.17) is 0 Å². The van der Waals surface area contributed by atoms with E-state index in [1.807, 2.05) is 0 Å². The molecule has 0 radical (unpaired) electrons. The number of anilines is 1. The van der Waals surface area contributed by atoms with E-state index in [2.05, 4.69) is 4.72 Å². The Morgan fingerprint density at radius 1 is 1.12 bits per heavy atom. The van der Waals surface area contributed by atoms with Crippen LogP contribution in [0, 0.1) is 0 Å². The van der Waals surface area contributed by atoms with Crippen molar-refractivity contribution in [1.29, 1.82) is 0 Å². The molecule has 2 rings (SSSR count). The molecule has 2 aromatic rings. The molecule has 0 fully saturated rings. The number of phenolic OH excluding ortho intramolecular Hbond substituents is 2. The van der Waals surface area contributed by atoms with Gasteiger partial charge in [-0.05, 0) is 43.0 Å². The van der Waals surface area contributed by atoms with Crippen LogP contribution in [-0.2, 0) is 14.8 Å². The maximum atomic E-state index is 12.3. The van der Waals surface area contributed by atoms with Gasteiger partial charge in [-0.15, -0.1) is 0 Å². The highest BCUT2D eigenvalue weighted by atomic mass is 32.2. The molecule has 25 heavy (non-hydrogen) atoms. The van der Waals surface area contributed by atoms with Crippen LogP contribution in [-0.4, -0.2) is 38.6 Å². The Kier molecular flexibility index (Phi) is 5.45. The van der Waals surface area contributed by atoms with E-state index in [9.17, 15) is 23.4 Å². The van der Waals surface area contributed by atoms with Crippen LogP contribution in [0.3, 0.4) is 0 Å². The zero-order chi connectivity index (χ0) is 18.6. The van der Waals surface area contributed by atoms with E-state index >= 15 is 0 Å². The summed E-state index contributed by atoms with van der Waals surface area (Å²) >= 11 is 0. The van der Waals surface area contributed by atoms with Gasteiger partial charge in [0.2, 0.25) is 10.0 Å². The Labute approximate surface area is 145 Å². The lowest BCUT2D eigenvalue weighted by molar-refractivity contribution is -0.113. The number of hydrogen-bond acceptors (Lipinski definition) is 5. The van der Waals surface area contributed by atoms with Crippen molar-refractivity contribution < 1.29 is 23.4 Å². The van der Waals surface area contributed by atoms with Gasteiger partial charge in [0.1, 0.15) is 4.90 Å². The molecule has 0 bridgehead atoms. The molecule has 0 aromatic heterocycles. The number of carbonyl (C=O) groups is 1. The normalized spacial score (nSPS) is 11.6. The third-order valence-corrected chi connectivity index (χ3v) is 4.99. The Hall–Kier alpha value is -2.84. The van der Waals surface area contributed by atoms with E-state index in [-0.39, 0.29) is 22.1 Å². The van der Waals surface area contributed by atoms with Crippen molar-refractivity contribution in [3.63, 3.8) is 0 Å². The van der Waals surface area contributed by atoms with Crippen molar-refractivity contribution in [3.8, 4) is 11.5 Å². The molecule has 8 heteroatoms. The predicted molar refractivity (Wildman–Crippen MR) is 94.9 cm³/mol. The van der Waals surface area contributed by atoms with Crippen LogP contribution in [0.15, 0.2) is 53.4 Å². The van der Waals surface area contributed by atoms with Crippen LogP contribution in [0.1, 0.15) is 5.56 Å². The van der Waals surface area contributed by atoms with Gasteiger partial charge in [-0.2, -0.15) is 0 Å². The first-order chi connectivity index (χ1) is 11.8. The minimum Gasteiger partial charge on any atom is -0.504 e. The summed E-state index contributed by atoms with van der Waals surface area (Å²) in [6, 6.07) is 10.3. The maximum absolute atomic E-state index is 12.3. The van der Waals surface area contributed by atoms with Gasteiger partial charge in [-0.25, -0.2) is 13.1 Å². The molecule has 0 atom stereocenters. The number of para-hydroxylation sites is 1. The van der Waals surface area contributed by atoms with Crippen LogP contribution in [0.5, 0.6) is 11.5 Å². The summed E-state index contributed by atoms with van der Waals surface area (Å²) in [6.45, 7) is 0. The zero-order valence-corrected chi connectivity index (χ0v) is 14.5. The largest absolute Gasteiger partial charge is 0.504 e. The number of benzene rings is 2. The number of nitrogens with one attached hydrogen (secondary N) is 1. The third kappa shape index (κ3) is 4.17. The summed E-state index contributed by atoms with van der Waals surface area (Å²) in [7, 11) is -0.954. The van der Waals surface area contributed by atoms with Gasteiger partial charge in [-0.1, -0.05) is 18.2 Å². The van der Waals surface area contributed by atoms with Crippen molar-refractivity contribution in [1.82, 2.24) is 4.72 Å². The average molecular weight is 362 g/mol. The zero-order valence-electron chi connectivity index (χ0n) is 13.7. The minimum atomic E-state index is -3.71. The first kappa shape index (κ1) is 18.5. The number of nitrogens with zero attached hydrogens (tertiary/aromatic N) is 1. The molecule has 0 saturated carbocycles. The van der Waals surface area contributed by atoms with E-state index in [0.29, 0.717) is 5.56 Å². The van der Waals surface area contributed by atoms with Crippen molar-refractivity contribution in [2.45, 2.75) is 4.90 Å². The molecule has 0 aliphatic carbocycles.